The van der Waals surface area contributed by atoms with Crippen LogP contribution in [0.2, 0.25) is 4.34 Å². The minimum absolute atomic E-state index is 0.0716. The van der Waals surface area contributed by atoms with Gasteiger partial charge in [-0.05, 0) is 40.2 Å². The Bertz CT molecular complexity index is 957. The maximum Gasteiger partial charge on any atom is 0.273 e. The summed E-state index contributed by atoms with van der Waals surface area (Å²) in [6.45, 7) is -0.0716. The fraction of sp³-hybridized carbons (Fsp3) is 0.118. The largest absolute Gasteiger partial charge is 0.331 e. The van der Waals surface area contributed by atoms with Crippen LogP contribution >= 0.6 is 50.2 Å². The number of hydrogen-bond acceptors (Lipinski definition) is 5. The number of para-hydroxylation sites is 1. The normalized spacial score (nSPS) is 10.6. The topological polar surface area (TPSA) is 62.3 Å². The molecule has 0 bridgehead atoms. The number of likely N-dealkylation sites (N-methyl/N-ethyl adjacent to an activating group) is 1. The van der Waals surface area contributed by atoms with Crippen LogP contribution in [0.1, 0.15) is 10.5 Å². The van der Waals surface area contributed by atoms with Crippen molar-refractivity contribution in [2.24, 2.45) is 0 Å². The lowest BCUT2D eigenvalue weighted by atomic mass is 10.3. The molecule has 5 nitrogen and oxygen atoms in total. The van der Waals surface area contributed by atoms with Gasteiger partial charge in [0.15, 0.2) is 0 Å². The van der Waals surface area contributed by atoms with Crippen molar-refractivity contribution in [2.75, 3.05) is 18.9 Å². The van der Waals surface area contributed by atoms with Crippen molar-refractivity contribution in [3.63, 3.8) is 0 Å². The number of rotatable bonds is 5. The molecule has 0 aliphatic heterocycles. The Labute approximate surface area is 171 Å². The van der Waals surface area contributed by atoms with Gasteiger partial charge in [-0.1, -0.05) is 23.7 Å². The van der Waals surface area contributed by atoms with Gasteiger partial charge < -0.3 is 10.2 Å². The van der Waals surface area contributed by atoms with Crippen LogP contribution in [0, 0.1) is 0 Å². The van der Waals surface area contributed by atoms with Crippen LogP contribution in [0.25, 0.3) is 9.88 Å². The lowest BCUT2D eigenvalue weighted by Gasteiger charge is -2.16. The molecule has 2 heterocycles. The third-order valence-corrected chi connectivity index (χ3v) is 6.32. The average molecular weight is 471 g/mol. The number of nitrogens with zero attached hydrogens (tertiary/aromatic N) is 2. The molecule has 9 heteroatoms. The van der Waals surface area contributed by atoms with Crippen LogP contribution in [0.3, 0.4) is 0 Å². The molecule has 3 aromatic rings. The van der Waals surface area contributed by atoms with Crippen molar-refractivity contribution in [1.82, 2.24) is 9.88 Å². The molecule has 0 saturated heterocycles. The SMILES string of the molecule is CN(CC(=O)Nc1ccccc1Br)C(=O)c1csc(-c2ccc(Cl)s2)n1. The van der Waals surface area contributed by atoms with Crippen molar-refractivity contribution >= 4 is 67.7 Å². The summed E-state index contributed by atoms with van der Waals surface area (Å²) in [4.78, 5) is 31.3. The number of hydrogen-bond donors (Lipinski definition) is 1. The van der Waals surface area contributed by atoms with E-state index in [1.165, 1.54) is 27.6 Å². The molecular weight excluding hydrogens is 458 g/mol. The highest BCUT2D eigenvalue weighted by Gasteiger charge is 2.19. The van der Waals surface area contributed by atoms with Crippen LogP contribution in [0.15, 0.2) is 46.3 Å². The number of carbonyl (C=O) groups excluding carboxylic acids is 2. The maximum absolute atomic E-state index is 12.5. The van der Waals surface area contributed by atoms with Crippen LogP contribution in [0.4, 0.5) is 5.69 Å². The summed E-state index contributed by atoms with van der Waals surface area (Å²) in [5.74, 6) is -0.592. The van der Waals surface area contributed by atoms with E-state index in [0.717, 1.165) is 14.4 Å². The number of carbonyl (C=O) groups is 2. The van der Waals surface area contributed by atoms with Gasteiger partial charge in [0.05, 0.1) is 21.4 Å². The Morgan fingerprint density at radius 3 is 2.73 bits per heavy atom. The molecule has 0 aliphatic rings. The number of thiophene rings is 1. The first-order valence-corrected chi connectivity index (χ1v) is 10.3. The Balaban J connectivity index is 1.63. The van der Waals surface area contributed by atoms with Crippen LogP contribution in [-0.4, -0.2) is 35.3 Å². The summed E-state index contributed by atoms with van der Waals surface area (Å²) >= 11 is 12.1. The van der Waals surface area contributed by atoms with E-state index in [1.807, 2.05) is 24.3 Å². The lowest BCUT2D eigenvalue weighted by molar-refractivity contribution is -0.116. The summed E-state index contributed by atoms with van der Waals surface area (Å²) < 4.78 is 1.45. The highest BCUT2D eigenvalue weighted by Crippen LogP contribution is 2.33. The van der Waals surface area contributed by atoms with Crippen molar-refractivity contribution in [2.45, 2.75) is 0 Å². The number of nitrogens with one attached hydrogen (secondary N) is 1. The monoisotopic (exact) mass is 469 g/mol. The van der Waals surface area contributed by atoms with Gasteiger partial charge in [0.25, 0.3) is 5.91 Å². The minimum atomic E-state index is -0.308. The minimum Gasteiger partial charge on any atom is -0.331 e. The molecule has 26 heavy (non-hydrogen) atoms. The van der Waals surface area contributed by atoms with Crippen LogP contribution in [-0.2, 0) is 4.79 Å². The van der Waals surface area contributed by atoms with Gasteiger partial charge in [-0.15, -0.1) is 22.7 Å². The van der Waals surface area contributed by atoms with Gasteiger partial charge in [-0.3, -0.25) is 9.59 Å². The van der Waals surface area contributed by atoms with Gasteiger partial charge >= 0.3 is 0 Å². The first-order chi connectivity index (χ1) is 12.4. The smallest absolute Gasteiger partial charge is 0.273 e. The van der Waals surface area contributed by atoms with E-state index in [2.05, 4.69) is 26.2 Å². The number of thiazole rings is 1. The van der Waals surface area contributed by atoms with E-state index in [9.17, 15) is 9.59 Å². The molecule has 1 aromatic carbocycles. The Hall–Kier alpha value is -1.74. The summed E-state index contributed by atoms with van der Waals surface area (Å²) in [6, 6.07) is 11.0. The predicted molar refractivity (Wildman–Crippen MR) is 110 cm³/mol. The van der Waals surface area contributed by atoms with E-state index in [4.69, 9.17) is 11.6 Å². The molecule has 134 valence electrons. The molecule has 0 aliphatic carbocycles. The van der Waals surface area contributed by atoms with Crippen molar-refractivity contribution in [1.29, 1.82) is 0 Å². The number of anilines is 1. The zero-order valence-corrected chi connectivity index (χ0v) is 17.5. The zero-order valence-electron chi connectivity index (χ0n) is 13.5. The highest BCUT2D eigenvalue weighted by atomic mass is 79.9. The molecule has 3 rings (SSSR count). The van der Waals surface area contributed by atoms with E-state index >= 15 is 0 Å². The predicted octanol–water partition coefficient (Wildman–Crippen LogP) is 5.00. The van der Waals surface area contributed by atoms with E-state index in [-0.39, 0.29) is 18.4 Å². The first-order valence-electron chi connectivity index (χ1n) is 7.45. The number of benzene rings is 1. The molecule has 0 saturated carbocycles. The zero-order chi connectivity index (χ0) is 18.7. The number of halogens is 2. The fourth-order valence-electron chi connectivity index (χ4n) is 2.15. The van der Waals surface area contributed by atoms with E-state index in [0.29, 0.717) is 15.7 Å². The van der Waals surface area contributed by atoms with Crippen molar-refractivity contribution in [3.8, 4) is 9.88 Å². The Morgan fingerprint density at radius 2 is 2.04 bits per heavy atom. The molecule has 0 radical (unpaired) electrons. The van der Waals surface area contributed by atoms with Crippen molar-refractivity contribution in [3.05, 3.63) is 56.3 Å². The molecule has 0 atom stereocenters. The average Bonchev–Trinajstić information content (AvgIpc) is 3.25. The number of amides is 2. The van der Waals surface area contributed by atoms with Gasteiger partial charge in [0, 0.05) is 16.9 Å². The third kappa shape index (κ3) is 4.50. The second-order valence-electron chi connectivity index (χ2n) is 5.33. The number of aromatic nitrogens is 1. The first kappa shape index (κ1) is 19.0. The molecule has 2 amide bonds. The summed E-state index contributed by atoms with van der Waals surface area (Å²) in [6.07, 6.45) is 0. The molecular formula is C17H13BrClN3O2S2. The van der Waals surface area contributed by atoms with Gasteiger partial charge in [0.1, 0.15) is 10.7 Å². The van der Waals surface area contributed by atoms with Gasteiger partial charge in [0.2, 0.25) is 5.91 Å². The van der Waals surface area contributed by atoms with Crippen molar-refractivity contribution < 1.29 is 9.59 Å². The quantitative estimate of drug-likeness (QED) is 0.571. The third-order valence-electron chi connectivity index (χ3n) is 3.38. The summed E-state index contributed by atoms with van der Waals surface area (Å²) in [5, 5.41) is 5.19. The fourth-order valence-corrected chi connectivity index (χ4v) is 4.44. The highest BCUT2D eigenvalue weighted by molar-refractivity contribution is 9.10. The maximum atomic E-state index is 12.5. The molecule has 0 spiro atoms. The molecule has 0 unspecified atom stereocenters. The Kier molecular flexibility index (Phi) is 6.08. The molecule has 0 fully saturated rings. The second-order valence-corrected chi connectivity index (χ2v) is 8.76. The molecule has 2 aromatic heterocycles. The van der Waals surface area contributed by atoms with Crippen LogP contribution in [0.5, 0.6) is 0 Å². The second kappa shape index (κ2) is 8.30. The molecule has 1 N–H and O–H groups in total. The van der Waals surface area contributed by atoms with Gasteiger partial charge in [-0.25, -0.2) is 4.98 Å². The Morgan fingerprint density at radius 1 is 1.27 bits per heavy atom. The lowest BCUT2D eigenvalue weighted by Crippen LogP contribution is -2.35. The summed E-state index contributed by atoms with van der Waals surface area (Å²) in [7, 11) is 1.57. The van der Waals surface area contributed by atoms with Gasteiger partial charge in [-0.2, -0.15) is 0 Å². The van der Waals surface area contributed by atoms with E-state index in [1.54, 1.807) is 24.6 Å². The summed E-state index contributed by atoms with van der Waals surface area (Å²) in [5.41, 5.74) is 0.967. The standard InChI is InChI=1S/C17H13BrClN3O2S2/c1-22(8-15(23)20-11-5-3-2-4-10(11)18)17(24)12-9-25-16(21-12)13-6-7-14(19)26-13/h2-7,9H,8H2,1H3,(H,20,23). The van der Waals surface area contributed by atoms with Crippen LogP contribution < -0.4 is 5.32 Å². The van der Waals surface area contributed by atoms with E-state index < -0.39 is 0 Å².